The van der Waals surface area contributed by atoms with Gasteiger partial charge >= 0.3 is 0 Å². The molecule has 1 saturated heterocycles. The first-order chi connectivity index (χ1) is 13.6. The molecule has 1 fully saturated rings. The van der Waals surface area contributed by atoms with E-state index in [1.54, 1.807) is 0 Å². The molecule has 4 aromatic rings. The average molecular weight is 370 g/mol. The minimum Gasteiger partial charge on any atom is -0.423 e. The first-order valence-corrected chi connectivity index (χ1v) is 9.76. The number of hydrogen-bond acceptors (Lipinski definition) is 4. The number of hydrogen-bond donors (Lipinski definition) is 0. The molecule has 2 aromatic heterocycles. The molecule has 0 bridgehead atoms. The molecular formula is C23H22N4O. The third-order valence-corrected chi connectivity index (χ3v) is 6.10. The van der Waals surface area contributed by atoms with Crippen molar-refractivity contribution < 1.29 is 4.42 Å². The second-order valence-electron chi connectivity index (χ2n) is 8.10. The standard InChI is InChI=1S/C23H22N4O/c1-25-11-18-13-27(14-19(18)12-25)23-24-20-10-16(4-6-22(20)28-23)15-3-5-21-17(9-15)7-8-26(21)2/h3-11,19H,12-14H2,1-2H3. The summed E-state index contributed by atoms with van der Waals surface area (Å²) < 4.78 is 8.22. The highest BCUT2D eigenvalue weighted by molar-refractivity contribution is 5.88. The van der Waals surface area contributed by atoms with Gasteiger partial charge in [-0.05, 0) is 47.0 Å². The van der Waals surface area contributed by atoms with E-state index >= 15 is 0 Å². The van der Waals surface area contributed by atoms with Gasteiger partial charge in [-0.3, -0.25) is 0 Å². The van der Waals surface area contributed by atoms with Crippen LogP contribution in [0.15, 0.2) is 64.9 Å². The van der Waals surface area contributed by atoms with Crippen molar-refractivity contribution in [2.45, 2.75) is 0 Å². The lowest BCUT2D eigenvalue weighted by molar-refractivity contribution is 0.439. The predicted molar refractivity (Wildman–Crippen MR) is 112 cm³/mol. The summed E-state index contributed by atoms with van der Waals surface area (Å²) in [5.74, 6) is 0.605. The fourth-order valence-electron chi connectivity index (χ4n) is 4.64. The van der Waals surface area contributed by atoms with E-state index in [0.29, 0.717) is 5.92 Å². The van der Waals surface area contributed by atoms with Crippen molar-refractivity contribution in [3.63, 3.8) is 0 Å². The Morgan fingerprint density at radius 2 is 1.86 bits per heavy atom. The third kappa shape index (κ3) is 2.35. The number of rotatable bonds is 2. The monoisotopic (exact) mass is 370 g/mol. The molecule has 4 heterocycles. The summed E-state index contributed by atoms with van der Waals surface area (Å²) in [5.41, 5.74) is 6.87. The molecular weight excluding hydrogens is 348 g/mol. The van der Waals surface area contributed by atoms with Crippen molar-refractivity contribution in [2.75, 3.05) is 31.6 Å². The van der Waals surface area contributed by atoms with E-state index < -0.39 is 0 Å². The molecule has 2 aliphatic rings. The Hall–Kier alpha value is -3.21. The first-order valence-electron chi connectivity index (χ1n) is 9.76. The molecule has 0 saturated carbocycles. The molecule has 0 aliphatic carbocycles. The van der Waals surface area contributed by atoms with Crippen molar-refractivity contribution in [3.8, 4) is 11.1 Å². The van der Waals surface area contributed by atoms with Crippen LogP contribution in [-0.4, -0.2) is 41.1 Å². The van der Waals surface area contributed by atoms with Gasteiger partial charge in [0, 0.05) is 62.9 Å². The van der Waals surface area contributed by atoms with Gasteiger partial charge in [-0.25, -0.2) is 0 Å². The second-order valence-corrected chi connectivity index (χ2v) is 8.10. The lowest BCUT2D eigenvalue weighted by Gasteiger charge is -2.15. The molecule has 0 radical (unpaired) electrons. The van der Waals surface area contributed by atoms with Gasteiger partial charge in [0.15, 0.2) is 5.58 Å². The maximum Gasteiger partial charge on any atom is 0.298 e. The van der Waals surface area contributed by atoms with Gasteiger partial charge in [0.05, 0.1) is 0 Å². The van der Waals surface area contributed by atoms with Crippen molar-refractivity contribution in [1.82, 2.24) is 14.5 Å². The van der Waals surface area contributed by atoms with Gasteiger partial charge in [-0.1, -0.05) is 12.1 Å². The fraction of sp³-hybridized carbons (Fsp3) is 0.261. The number of fused-ring (bicyclic) bond motifs is 3. The number of benzene rings is 2. The van der Waals surface area contributed by atoms with Crippen LogP contribution in [0.3, 0.4) is 0 Å². The lowest BCUT2D eigenvalue weighted by Crippen LogP contribution is -2.24. The molecule has 2 aliphatic heterocycles. The van der Waals surface area contributed by atoms with E-state index in [9.17, 15) is 0 Å². The summed E-state index contributed by atoms with van der Waals surface area (Å²) in [7, 11) is 4.22. The van der Waals surface area contributed by atoms with Crippen LogP contribution in [0, 0.1) is 5.92 Å². The van der Waals surface area contributed by atoms with Gasteiger partial charge in [-0.2, -0.15) is 4.98 Å². The van der Waals surface area contributed by atoms with Crippen molar-refractivity contribution >= 4 is 28.0 Å². The fourth-order valence-corrected chi connectivity index (χ4v) is 4.64. The van der Waals surface area contributed by atoms with Gasteiger partial charge in [0.25, 0.3) is 6.01 Å². The van der Waals surface area contributed by atoms with E-state index in [1.165, 1.54) is 27.6 Å². The zero-order valence-corrected chi connectivity index (χ0v) is 16.1. The number of aryl methyl sites for hydroxylation is 1. The second kappa shape index (κ2) is 5.64. The molecule has 28 heavy (non-hydrogen) atoms. The topological polar surface area (TPSA) is 37.4 Å². The van der Waals surface area contributed by atoms with Crippen LogP contribution in [-0.2, 0) is 7.05 Å². The molecule has 5 heteroatoms. The van der Waals surface area contributed by atoms with E-state index in [4.69, 9.17) is 9.40 Å². The van der Waals surface area contributed by atoms with Crippen LogP contribution in [0.1, 0.15) is 0 Å². The van der Waals surface area contributed by atoms with Crippen LogP contribution in [0.5, 0.6) is 0 Å². The number of oxazole rings is 1. The Morgan fingerprint density at radius 1 is 1.00 bits per heavy atom. The van der Waals surface area contributed by atoms with Crippen LogP contribution in [0.2, 0.25) is 0 Å². The molecule has 0 amide bonds. The van der Waals surface area contributed by atoms with Crippen LogP contribution >= 0.6 is 0 Å². The molecule has 5 nitrogen and oxygen atoms in total. The lowest BCUT2D eigenvalue weighted by atomic mass is 10.0. The predicted octanol–water partition coefficient (Wildman–Crippen LogP) is 4.25. The quantitative estimate of drug-likeness (QED) is 0.529. The van der Waals surface area contributed by atoms with Crippen LogP contribution in [0.4, 0.5) is 6.01 Å². The highest BCUT2D eigenvalue weighted by Gasteiger charge is 2.34. The Balaban J connectivity index is 1.35. The Morgan fingerprint density at radius 3 is 2.75 bits per heavy atom. The van der Waals surface area contributed by atoms with Gasteiger partial charge in [0.2, 0.25) is 0 Å². The normalized spacial score (nSPS) is 19.1. The van der Waals surface area contributed by atoms with E-state index in [0.717, 1.165) is 36.7 Å². The Bertz CT molecular complexity index is 1250. The maximum atomic E-state index is 6.08. The smallest absolute Gasteiger partial charge is 0.298 e. The number of anilines is 1. The number of aromatic nitrogens is 2. The summed E-state index contributed by atoms with van der Waals surface area (Å²) in [6.07, 6.45) is 4.37. The van der Waals surface area contributed by atoms with E-state index in [1.807, 2.05) is 6.07 Å². The third-order valence-electron chi connectivity index (χ3n) is 6.10. The molecule has 2 aromatic carbocycles. The van der Waals surface area contributed by atoms with Crippen molar-refractivity contribution in [1.29, 1.82) is 0 Å². The zero-order valence-electron chi connectivity index (χ0n) is 16.1. The van der Waals surface area contributed by atoms with E-state index in [2.05, 4.69) is 77.3 Å². The average Bonchev–Trinajstić information content (AvgIpc) is 3.43. The molecule has 1 unspecified atom stereocenters. The highest BCUT2D eigenvalue weighted by atomic mass is 16.4. The summed E-state index contributed by atoms with van der Waals surface area (Å²) in [6, 6.07) is 15.8. The van der Waals surface area contributed by atoms with Crippen LogP contribution in [0.25, 0.3) is 33.1 Å². The largest absolute Gasteiger partial charge is 0.423 e. The maximum absolute atomic E-state index is 6.08. The van der Waals surface area contributed by atoms with Gasteiger partial charge in [-0.15, -0.1) is 0 Å². The zero-order chi connectivity index (χ0) is 18.8. The Kier molecular flexibility index (Phi) is 3.19. The molecule has 1 atom stereocenters. The summed E-state index contributed by atoms with van der Waals surface area (Å²) in [6.45, 7) is 3.00. The summed E-state index contributed by atoms with van der Waals surface area (Å²) >= 11 is 0. The van der Waals surface area contributed by atoms with Gasteiger partial charge < -0.3 is 18.8 Å². The summed E-state index contributed by atoms with van der Waals surface area (Å²) in [4.78, 5) is 9.35. The van der Waals surface area contributed by atoms with E-state index in [-0.39, 0.29) is 0 Å². The highest BCUT2D eigenvalue weighted by Crippen LogP contribution is 2.34. The molecule has 6 rings (SSSR count). The Labute approximate surface area is 163 Å². The first kappa shape index (κ1) is 15.8. The van der Waals surface area contributed by atoms with Crippen molar-refractivity contribution in [2.24, 2.45) is 13.0 Å². The SMILES string of the molecule is CN1C=C2CN(c3nc4cc(-c5ccc6c(ccn6C)c5)ccc4o3)CC2C1. The van der Waals surface area contributed by atoms with Crippen molar-refractivity contribution in [3.05, 3.63) is 60.4 Å². The summed E-state index contributed by atoms with van der Waals surface area (Å²) in [5, 5.41) is 1.25. The van der Waals surface area contributed by atoms with Gasteiger partial charge in [0.1, 0.15) is 5.52 Å². The van der Waals surface area contributed by atoms with Crippen LogP contribution < -0.4 is 4.90 Å². The minimum atomic E-state index is 0.605. The molecule has 0 spiro atoms. The number of nitrogens with zero attached hydrogens (tertiary/aromatic N) is 4. The molecule has 0 N–H and O–H groups in total. The molecule has 140 valence electrons. The minimum absolute atomic E-state index is 0.605.